The lowest BCUT2D eigenvalue weighted by Crippen LogP contribution is -2.29. The second kappa shape index (κ2) is 5.34. The van der Waals surface area contributed by atoms with E-state index in [-0.39, 0.29) is 5.56 Å². The van der Waals surface area contributed by atoms with E-state index >= 15 is 0 Å². The number of nitrogens with zero attached hydrogens (tertiary/aromatic N) is 1. The summed E-state index contributed by atoms with van der Waals surface area (Å²) in [7, 11) is 0. The molecule has 1 aromatic rings. The van der Waals surface area contributed by atoms with Gasteiger partial charge in [0.1, 0.15) is 0 Å². The van der Waals surface area contributed by atoms with Gasteiger partial charge in [0.05, 0.1) is 4.92 Å². The number of amides is 1. The second-order valence-corrected chi connectivity index (χ2v) is 4.95. The number of nitrogens with one attached hydrogen (secondary N) is 1. The summed E-state index contributed by atoms with van der Waals surface area (Å²) in [5, 5.41) is 13.2. The molecule has 1 amide bonds. The number of nitro groups is 1. The summed E-state index contributed by atoms with van der Waals surface area (Å²) in [6.07, 6.45) is 2.40. The van der Waals surface area contributed by atoms with Crippen molar-refractivity contribution in [3.8, 4) is 0 Å². The summed E-state index contributed by atoms with van der Waals surface area (Å²) in [5.74, 6) is -0.310. The second-order valence-electron chi connectivity index (χ2n) is 4.95. The molecule has 102 valence electrons. The van der Waals surface area contributed by atoms with E-state index in [0.29, 0.717) is 18.4 Å². The van der Waals surface area contributed by atoms with Crippen molar-refractivity contribution in [1.29, 1.82) is 0 Å². The Morgan fingerprint density at radius 2 is 2.26 bits per heavy atom. The van der Waals surface area contributed by atoms with Gasteiger partial charge in [-0.1, -0.05) is 6.92 Å². The van der Waals surface area contributed by atoms with Crippen LogP contribution >= 0.6 is 0 Å². The first-order chi connectivity index (χ1) is 8.99. The minimum absolute atomic E-state index is 0.103. The third-order valence-corrected chi connectivity index (χ3v) is 3.42. The minimum atomic E-state index is -0.993. The van der Waals surface area contributed by atoms with E-state index in [2.05, 4.69) is 12.2 Å². The molecule has 1 aliphatic rings. The van der Waals surface area contributed by atoms with Crippen LogP contribution in [0.25, 0.3) is 0 Å². The van der Waals surface area contributed by atoms with Gasteiger partial charge in [-0.25, -0.2) is 0 Å². The molecule has 0 aromatic heterocycles. The van der Waals surface area contributed by atoms with Crippen LogP contribution in [0.2, 0.25) is 0 Å². The van der Waals surface area contributed by atoms with E-state index in [1.165, 1.54) is 18.9 Å². The smallest absolute Gasteiger partial charge is 0.304 e. The molecule has 2 rings (SSSR count). The maximum absolute atomic E-state index is 13.4. The number of benzene rings is 1. The van der Waals surface area contributed by atoms with Crippen LogP contribution in [-0.2, 0) is 0 Å². The number of hydrogen-bond donors (Lipinski definition) is 1. The van der Waals surface area contributed by atoms with Crippen LogP contribution in [-0.4, -0.2) is 17.4 Å². The Kier molecular flexibility index (Phi) is 3.78. The predicted molar refractivity (Wildman–Crippen MR) is 67.3 cm³/mol. The van der Waals surface area contributed by atoms with Crippen LogP contribution in [0.4, 0.5) is 10.1 Å². The maximum atomic E-state index is 13.4. The van der Waals surface area contributed by atoms with Gasteiger partial charge >= 0.3 is 5.69 Å². The van der Waals surface area contributed by atoms with Crippen LogP contribution in [0.3, 0.4) is 0 Å². The van der Waals surface area contributed by atoms with Gasteiger partial charge in [-0.3, -0.25) is 14.9 Å². The minimum Gasteiger partial charge on any atom is -0.352 e. The summed E-state index contributed by atoms with van der Waals surface area (Å²) in [5.41, 5.74) is -0.519. The topological polar surface area (TPSA) is 72.2 Å². The number of carbonyl (C=O) groups excluding carboxylic acids is 1. The molecule has 19 heavy (non-hydrogen) atoms. The fraction of sp³-hybridized carbons (Fsp3) is 0.462. The Bertz CT molecular complexity index is 515. The van der Waals surface area contributed by atoms with Crippen molar-refractivity contribution in [3.63, 3.8) is 0 Å². The highest BCUT2D eigenvalue weighted by atomic mass is 19.1. The lowest BCUT2D eigenvalue weighted by molar-refractivity contribution is -0.387. The van der Waals surface area contributed by atoms with Gasteiger partial charge in [0.2, 0.25) is 5.82 Å². The largest absolute Gasteiger partial charge is 0.352 e. The van der Waals surface area contributed by atoms with Gasteiger partial charge in [0, 0.05) is 18.2 Å². The van der Waals surface area contributed by atoms with E-state index in [1.54, 1.807) is 0 Å². The van der Waals surface area contributed by atoms with Gasteiger partial charge in [-0.2, -0.15) is 4.39 Å². The van der Waals surface area contributed by atoms with Crippen molar-refractivity contribution < 1.29 is 14.1 Å². The summed E-state index contributed by atoms with van der Waals surface area (Å²) < 4.78 is 13.4. The van der Waals surface area contributed by atoms with Gasteiger partial charge in [-0.05, 0) is 36.8 Å². The highest BCUT2D eigenvalue weighted by molar-refractivity contribution is 5.94. The van der Waals surface area contributed by atoms with Crippen LogP contribution in [0.1, 0.15) is 30.1 Å². The molecule has 1 unspecified atom stereocenters. The van der Waals surface area contributed by atoms with Crippen LogP contribution < -0.4 is 5.32 Å². The molecular weight excluding hydrogens is 251 g/mol. The molecule has 0 spiro atoms. The molecular formula is C13H15FN2O3. The molecule has 6 heteroatoms. The monoisotopic (exact) mass is 266 g/mol. The van der Waals surface area contributed by atoms with E-state index in [1.807, 2.05) is 0 Å². The third-order valence-electron chi connectivity index (χ3n) is 3.42. The highest BCUT2D eigenvalue weighted by Crippen LogP contribution is 2.36. The quantitative estimate of drug-likeness (QED) is 0.657. The first-order valence-electron chi connectivity index (χ1n) is 6.21. The van der Waals surface area contributed by atoms with Crippen molar-refractivity contribution in [2.75, 3.05) is 6.54 Å². The number of hydrogen-bond acceptors (Lipinski definition) is 3. The molecule has 0 saturated heterocycles. The number of halogens is 1. The van der Waals surface area contributed by atoms with Crippen LogP contribution in [0, 0.1) is 27.8 Å². The Balaban J connectivity index is 1.98. The lowest BCUT2D eigenvalue weighted by Gasteiger charge is -2.11. The standard InChI is InChI=1S/C13H15FN2O3/c1-8(9-2-3-9)7-15-13(17)10-4-5-12(16(18)19)11(14)6-10/h4-6,8-9H,2-3,7H2,1H3,(H,15,17). The van der Waals surface area contributed by atoms with Gasteiger partial charge in [-0.15, -0.1) is 0 Å². The zero-order valence-electron chi connectivity index (χ0n) is 10.6. The molecule has 1 saturated carbocycles. The van der Waals surface area contributed by atoms with Gasteiger partial charge < -0.3 is 5.32 Å². The molecule has 1 N–H and O–H groups in total. The number of nitro benzene ring substituents is 1. The van der Waals surface area contributed by atoms with Crippen molar-refractivity contribution in [2.45, 2.75) is 19.8 Å². The molecule has 1 aromatic carbocycles. The van der Waals surface area contributed by atoms with E-state index in [4.69, 9.17) is 0 Å². The number of carbonyl (C=O) groups is 1. The third kappa shape index (κ3) is 3.27. The lowest BCUT2D eigenvalue weighted by atomic mass is 10.1. The Morgan fingerprint density at radius 3 is 2.79 bits per heavy atom. The Labute approximate surface area is 110 Å². The molecule has 0 aliphatic heterocycles. The predicted octanol–water partition coefficient (Wildman–Crippen LogP) is 2.51. The van der Waals surface area contributed by atoms with E-state index < -0.39 is 22.3 Å². The maximum Gasteiger partial charge on any atom is 0.304 e. The number of rotatable bonds is 5. The summed E-state index contributed by atoms with van der Waals surface area (Å²) in [4.78, 5) is 21.4. The van der Waals surface area contributed by atoms with E-state index in [0.717, 1.165) is 12.1 Å². The zero-order chi connectivity index (χ0) is 14.0. The normalized spacial score (nSPS) is 15.9. The van der Waals surface area contributed by atoms with Crippen molar-refractivity contribution in [3.05, 3.63) is 39.7 Å². The molecule has 5 nitrogen and oxygen atoms in total. The average molecular weight is 266 g/mol. The Hall–Kier alpha value is -1.98. The first kappa shape index (κ1) is 13.5. The summed E-state index contributed by atoms with van der Waals surface area (Å²) >= 11 is 0. The fourth-order valence-electron chi connectivity index (χ4n) is 1.98. The SMILES string of the molecule is CC(CNC(=O)c1ccc([N+](=O)[O-])c(F)c1)C1CC1. The van der Waals surface area contributed by atoms with E-state index in [9.17, 15) is 19.3 Å². The average Bonchev–Trinajstić information content (AvgIpc) is 3.19. The Morgan fingerprint density at radius 1 is 1.58 bits per heavy atom. The molecule has 0 bridgehead atoms. The van der Waals surface area contributed by atoms with Crippen molar-refractivity contribution in [2.24, 2.45) is 11.8 Å². The first-order valence-corrected chi connectivity index (χ1v) is 6.21. The molecule has 1 fully saturated rings. The fourth-order valence-corrected chi connectivity index (χ4v) is 1.98. The van der Waals surface area contributed by atoms with Gasteiger partial charge in [0.15, 0.2) is 0 Å². The van der Waals surface area contributed by atoms with Gasteiger partial charge in [0.25, 0.3) is 5.91 Å². The van der Waals surface area contributed by atoms with Crippen LogP contribution in [0.15, 0.2) is 18.2 Å². The van der Waals surface area contributed by atoms with Crippen LogP contribution in [0.5, 0.6) is 0 Å². The molecule has 1 atom stereocenters. The molecule has 1 aliphatic carbocycles. The zero-order valence-corrected chi connectivity index (χ0v) is 10.6. The highest BCUT2D eigenvalue weighted by Gasteiger charge is 2.28. The van der Waals surface area contributed by atoms with Crippen molar-refractivity contribution in [1.82, 2.24) is 5.32 Å². The summed E-state index contributed by atoms with van der Waals surface area (Å²) in [6, 6.07) is 3.17. The van der Waals surface area contributed by atoms with Crippen molar-refractivity contribution >= 4 is 11.6 Å². The summed E-state index contributed by atoms with van der Waals surface area (Å²) in [6.45, 7) is 2.61. The molecule has 0 heterocycles. The molecule has 0 radical (unpaired) electrons.